The SMILES string of the molecule is CCn1cc(Br)c(C(=O)Nc2cn(C)nc2C(=O)OC)n1. The summed E-state index contributed by atoms with van der Waals surface area (Å²) in [5, 5.41) is 10.7. The van der Waals surface area contributed by atoms with E-state index in [4.69, 9.17) is 0 Å². The summed E-state index contributed by atoms with van der Waals surface area (Å²) >= 11 is 3.28. The zero-order valence-corrected chi connectivity index (χ0v) is 13.3. The summed E-state index contributed by atoms with van der Waals surface area (Å²) in [7, 11) is 2.89. The van der Waals surface area contributed by atoms with E-state index < -0.39 is 11.9 Å². The van der Waals surface area contributed by atoms with Crippen molar-refractivity contribution >= 4 is 33.5 Å². The second kappa shape index (κ2) is 6.08. The van der Waals surface area contributed by atoms with Gasteiger partial charge in [-0.15, -0.1) is 0 Å². The van der Waals surface area contributed by atoms with Crippen LogP contribution >= 0.6 is 15.9 Å². The quantitative estimate of drug-likeness (QED) is 0.837. The molecule has 0 aromatic carbocycles. The Morgan fingerprint density at radius 1 is 1.33 bits per heavy atom. The molecule has 21 heavy (non-hydrogen) atoms. The van der Waals surface area contributed by atoms with Crippen molar-refractivity contribution < 1.29 is 14.3 Å². The first-order chi connectivity index (χ1) is 9.96. The van der Waals surface area contributed by atoms with Crippen molar-refractivity contribution in [3.05, 3.63) is 28.3 Å². The maximum Gasteiger partial charge on any atom is 0.360 e. The zero-order valence-electron chi connectivity index (χ0n) is 11.8. The van der Waals surface area contributed by atoms with Gasteiger partial charge in [0, 0.05) is 26.0 Å². The number of anilines is 1. The van der Waals surface area contributed by atoms with Crippen LogP contribution in [0.25, 0.3) is 0 Å². The lowest BCUT2D eigenvalue weighted by molar-refractivity contribution is 0.0594. The minimum Gasteiger partial charge on any atom is -0.464 e. The molecule has 0 radical (unpaired) electrons. The van der Waals surface area contributed by atoms with E-state index in [1.165, 1.54) is 18.0 Å². The molecule has 0 aliphatic rings. The predicted molar refractivity (Wildman–Crippen MR) is 78.1 cm³/mol. The second-order valence-electron chi connectivity index (χ2n) is 4.19. The fraction of sp³-hybridized carbons (Fsp3) is 0.333. The van der Waals surface area contributed by atoms with Crippen molar-refractivity contribution in [2.45, 2.75) is 13.5 Å². The number of hydrogen-bond acceptors (Lipinski definition) is 5. The number of aromatic nitrogens is 4. The van der Waals surface area contributed by atoms with Crippen LogP contribution in [-0.2, 0) is 18.3 Å². The Morgan fingerprint density at radius 3 is 2.62 bits per heavy atom. The summed E-state index contributed by atoms with van der Waals surface area (Å²) in [6, 6.07) is 0. The van der Waals surface area contributed by atoms with Gasteiger partial charge in [-0.25, -0.2) is 4.79 Å². The molecule has 1 amide bonds. The van der Waals surface area contributed by atoms with Crippen LogP contribution in [0.4, 0.5) is 5.69 Å². The van der Waals surface area contributed by atoms with Gasteiger partial charge in [0.05, 0.1) is 17.3 Å². The fourth-order valence-electron chi connectivity index (χ4n) is 1.72. The van der Waals surface area contributed by atoms with E-state index in [0.29, 0.717) is 11.0 Å². The number of methoxy groups -OCH3 is 1. The van der Waals surface area contributed by atoms with E-state index in [9.17, 15) is 9.59 Å². The third-order valence-electron chi connectivity index (χ3n) is 2.71. The van der Waals surface area contributed by atoms with Crippen LogP contribution in [0.5, 0.6) is 0 Å². The van der Waals surface area contributed by atoms with Crippen LogP contribution < -0.4 is 5.32 Å². The molecule has 0 fully saturated rings. The van der Waals surface area contributed by atoms with Gasteiger partial charge in [0.1, 0.15) is 0 Å². The number of nitrogens with one attached hydrogen (secondary N) is 1. The Bertz CT molecular complexity index is 691. The fourth-order valence-corrected chi connectivity index (χ4v) is 2.22. The van der Waals surface area contributed by atoms with E-state index in [-0.39, 0.29) is 17.1 Å². The minimum atomic E-state index is -0.621. The van der Waals surface area contributed by atoms with E-state index in [0.717, 1.165) is 0 Å². The van der Waals surface area contributed by atoms with Crippen LogP contribution in [0.1, 0.15) is 27.9 Å². The number of ether oxygens (including phenoxy) is 1. The molecule has 0 aliphatic heterocycles. The Labute approximate surface area is 129 Å². The highest BCUT2D eigenvalue weighted by Crippen LogP contribution is 2.19. The number of esters is 1. The molecule has 112 valence electrons. The van der Waals surface area contributed by atoms with Crippen molar-refractivity contribution in [3.63, 3.8) is 0 Å². The number of rotatable bonds is 4. The molecule has 2 rings (SSSR count). The normalized spacial score (nSPS) is 10.5. The molecule has 0 aliphatic carbocycles. The van der Waals surface area contributed by atoms with Crippen LogP contribution in [0, 0.1) is 0 Å². The Kier molecular flexibility index (Phi) is 4.41. The van der Waals surface area contributed by atoms with Gasteiger partial charge < -0.3 is 10.1 Å². The van der Waals surface area contributed by atoms with Gasteiger partial charge in [0.25, 0.3) is 5.91 Å². The molecule has 2 heterocycles. The topological polar surface area (TPSA) is 91.0 Å². The van der Waals surface area contributed by atoms with Crippen LogP contribution in [0.15, 0.2) is 16.9 Å². The second-order valence-corrected chi connectivity index (χ2v) is 5.05. The highest BCUT2D eigenvalue weighted by Gasteiger charge is 2.21. The molecule has 0 spiro atoms. The number of halogens is 1. The van der Waals surface area contributed by atoms with Gasteiger partial charge in [-0.3, -0.25) is 14.2 Å². The van der Waals surface area contributed by atoms with E-state index >= 15 is 0 Å². The predicted octanol–water partition coefficient (Wildman–Crippen LogP) is 1.44. The van der Waals surface area contributed by atoms with Crippen LogP contribution in [0.2, 0.25) is 0 Å². The van der Waals surface area contributed by atoms with Crippen molar-refractivity contribution in [2.75, 3.05) is 12.4 Å². The van der Waals surface area contributed by atoms with Gasteiger partial charge in [0.2, 0.25) is 0 Å². The summed E-state index contributed by atoms with van der Waals surface area (Å²) in [5.41, 5.74) is 0.545. The number of nitrogens with zero attached hydrogens (tertiary/aromatic N) is 4. The van der Waals surface area contributed by atoms with E-state index in [2.05, 4.69) is 36.2 Å². The lowest BCUT2D eigenvalue weighted by Gasteiger charge is -2.02. The van der Waals surface area contributed by atoms with Crippen molar-refractivity contribution in [2.24, 2.45) is 7.05 Å². The molecule has 0 saturated heterocycles. The first kappa shape index (κ1) is 15.2. The average Bonchev–Trinajstić information content (AvgIpc) is 3.00. The summed E-state index contributed by atoms with van der Waals surface area (Å²) in [6.45, 7) is 2.56. The monoisotopic (exact) mass is 355 g/mol. The van der Waals surface area contributed by atoms with Crippen LogP contribution in [-0.4, -0.2) is 38.5 Å². The molecule has 9 heteroatoms. The maximum absolute atomic E-state index is 12.2. The molecule has 8 nitrogen and oxygen atoms in total. The molecule has 0 atom stereocenters. The lowest BCUT2D eigenvalue weighted by atomic mass is 10.3. The molecular formula is C12H14BrN5O3. The Morgan fingerprint density at radius 2 is 2.05 bits per heavy atom. The number of amides is 1. The van der Waals surface area contributed by atoms with Gasteiger partial charge in [0.15, 0.2) is 11.4 Å². The summed E-state index contributed by atoms with van der Waals surface area (Å²) in [4.78, 5) is 23.8. The molecule has 0 saturated carbocycles. The van der Waals surface area contributed by atoms with Crippen LogP contribution in [0.3, 0.4) is 0 Å². The smallest absolute Gasteiger partial charge is 0.360 e. The van der Waals surface area contributed by atoms with E-state index in [1.807, 2.05) is 6.92 Å². The molecule has 1 N–H and O–H groups in total. The average molecular weight is 356 g/mol. The van der Waals surface area contributed by atoms with Crippen molar-refractivity contribution in [1.82, 2.24) is 19.6 Å². The molecule has 2 aromatic heterocycles. The zero-order chi connectivity index (χ0) is 15.6. The summed E-state index contributed by atoms with van der Waals surface area (Å²) in [6.07, 6.45) is 3.23. The van der Waals surface area contributed by atoms with Gasteiger partial charge in [-0.1, -0.05) is 0 Å². The third kappa shape index (κ3) is 3.13. The first-order valence-electron chi connectivity index (χ1n) is 6.12. The molecular weight excluding hydrogens is 342 g/mol. The van der Waals surface area contributed by atoms with E-state index in [1.54, 1.807) is 17.9 Å². The summed E-state index contributed by atoms with van der Waals surface area (Å²) < 4.78 is 8.25. The Hall–Kier alpha value is -2.16. The maximum atomic E-state index is 12.2. The Balaban J connectivity index is 2.27. The minimum absolute atomic E-state index is 0.0411. The van der Waals surface area contributed by atoms with Gasteiger partial charge in [-0.2, -0.15) is 10.2 Å². The number of carbonyl (C=O) groups excluding carboxylic acids is 2. The third-order valence-corrected chi connectivity index (χ3v) is 3.29. The lowest BCUT2D eigenvalue weighted by Crippen LogP contribution is -2.16. The largest absolute Gasteiger partial charge is 0.464 e. The molecule has 0 bridgehead atoms. The number of hydrogen-bond donors (Lipinski definition) is 1. The highest BCUT2D eigenvalue weighted by molar-refractivity contribution is 9.10. The van der Waals surface area contributed by atoms with Gasteiger partial charge >= 0.3 is 5.97 Å². The molecule has 2 aromatic rings. The number of aryl methyl sites for hydroxylation is 2. The van der Waals surface area contributed by atoms with Gasteiger partial charge in [-0.05, 0) is 22.9 Å². The first-order valence-corrected chi connectivity index (χ1v) is 6.91. The van der Waals surface area contributed by atoms with Crippen molar-refractivity contribution in [1.29, 1.82) is 0 Å². The highest BCUT2D eigenvalue weighted by atomic mass is 79.9. The van der Waals surface area contributed by atoms with Crippen molar-refractivity contribution in [3.8, 4) is 0 Å². The number of carbonyl (C=O) groups is 2. The standard InChI is InChI=1S/C12H14BrN5O3/c1-4-18-5-7(13)9(16-18)11(19)14-8-6-17(2)15-10(8)12(20)21-3/h5-6H,4H2,1-3H3,(H,14,19). The molecule has 0 unspecified atom stereocenters. The summed E-state index contributed by atoms with van der Waals surface area (Å²) in [5.74, 6) is -1.06.